The predicted octanol–water partition coefficient (Wildman–Crippen LogP) is 4.15. The highest BCUT2D eigenvalue weighted by atomic mass is 35.5. The van der Waals surface area contributed by atoms with Crippen LogP contribution in [0, 0.1) is 0 Å². The summed E-state index contributed by atoms with van der Waals surface area (Å²) in [4.78, 5) is 26.5. The number of hydrogen-bond acceptors (Lipinski definition) is 6. The van der Waals surface area contributed by atoms with Crippen molar-refractivity contribution in [2.75, 3.05) is 11.3 Å². The van der Waals surface area contributed by atoms with E-state index in [2.05, 4.69) is 4.72 Å². The molecule has 0 bridgehead atoms. The molecule has 1 saturated heterocycles. The number of benzene rings is 1. The van der Waals surface area contributed by atoms with E-state index in [1.54, 1.807) is 4.90 Å². The number of nitrogens with zero attached hydrogens (tertiary/aromatic N) is 1. The third-order valence-corrected chi connectivity index (χ3v) is 8.10. The van der Waals surface area contributed by atoms with Crippen LogP contribution in [-0.2, 0) is 19.6 Å². The number of anilines is 1. The fourth-order valence-electron chi connectivity index (χ4n) is 3.52. The molecule has 3 rings (SSSR count). The Kier molecular flexibility index (Phi) is 7.05. The third kappa shape index (κ3) is 5.33. The molecule has 10 heteroatoms. The highest BCUT2D eigenvalue weighted by Gasteiger charge is 2.29. The van der Waals surface area contributed by atoms with E-state index < -0.39 is 16.0 Å². The fourth-order valence-corrected chi connectivity index (χ4v) is 6.06. The molecule has 2 atom stereocenters. The van der Waals surface area contributed by atoms with Gasteiger partial charge in [-0.15, -0.1) is 11.3 Å². The molecule has 0 unspecified atom stereocenters. The number of nitrogens with one attached hydrogen (secondary N) is 1. The number of hydrogen-bond donors (Lipinski definition) is 1. The number of carbonyl (C=O) groups is 2. The molecular weight excluding hydrogens is 448 g/mol. The zero-order valence-corrected chi connectivity index (χ0v) is 19.0. The summed E-state index contributed by atoms with van der Waals surface area (Å²) >= 11 is 6.74. The van der Waals surface area contributed by atoms with Crippen molar-refractivity contribution < 1.29 is 22.7 Å². The molecule has 0 spiro atoms. The molecule has 1 aliphatic rings. The van der Waals surface area contributed by atoms with Crippen LogP contribution in [0.15, 0.2) is 40.6 Å². The normalized spacial score (nSPS) is 19.4. The van der Waals surface area contributed by atoms with E-state index in [4.69, 9.17) is 16.3 Å². The molecule has 2 aromatic rings. The highest BCUT2D eigenvalue weighted by molar-refractivity contribution is 7.94. The Morgan fingerprint density at radius 2 is 1.77 bits per heavy atom. The van der Waals surface area contributed by atoms with Crippen molar-refractivity contribution >= 4 is 50.5 Å². The molecular formula is C20H23ClN2O5S2. The zero-order valence-electron chi connectivity index (χ0n) is 16.6. The summed E-state index contributed by atoms with van der Waals surface area (Å²) in [6.45, 7) is 3.68. The quantitative estimate of drug-likeness (QED) is 0.640. The Bertz CT molecular complexity index is 1010. The number of rotatable bonds is 6. The van der Waals surface area contributed by atoms with Gasteiger partial charge in [0.25, 0.3) is 15.9 Å². The lowest BCUT2D eigenvalue weighted by molar-refractivity contribution is -0.140. The maximum absolute atomic E-state index is 12.5. The lowest BCUT2D eigenvalue weighted by atomic mass is 9.97. The Labute approximate surface area is 185 Å². The van der Waals surface area contributed by atoms with Gasteiger partial charge >= 0.3 is 5.97 Å². The van der Waals surface area contributed by atoms with Gasteiger partial charge in [0.1, 0.15) is 4.21 Å². The van der Waals surface area contributed by atoms with Gasteiger partial charge in [-0.3, -0.25) is 9.52 Å². The number of carbonyl (C=O) groups excluding carboxylic acids is 2. The Balaban J connectivity index is 1.58. The summed E-state index contributed by atoms with van der Waals surface area (Å²) < 4.78 is 32.7. The molecule has 0 saturated carbocycles. The van der Waals surface area contributed by atoms with Crippen molar-refractivity contribution in [1.82, 2.24) is 4.90 Å². The minimum atomic E-state index is -3.75. The second kappa shape index (κ2) is 9.36. The first-order chi connectivity index (χ1) is 14.2. The summed E-state index contributed by atoms with van der Waals surface area (Å²) in [5, 5.41) is 0. The Morgan fingerprint density at radius 3 is 2.33 bits per heavy atom. The SMILES string of the molecule is C[C@@H]1CCC[C@H](C)N1C(=O)COC(=O)c1ccc(NS(=O)(=O)c2ccc(Cl)s2)cc1. The predicted molar refractivity (Wildman–Crippen MR) is 116 cm³/mol. The van der Waals surface area contributed by atoms with Crippen LogP contribution >= 0.6 is 22.9 Å². The molecule has 1 aromatic carbocycles. The molecule has 0 radical (unpaired) electrons. The zero-order chi connectivity index (χ0) is 21.9. The van der Waals surface area contributed by atoms with E-state index in [0.29, 0.717) is 10.0 Å². The number of piperidine rings is 1. The number of ether oxygens (including phenoxy) is 1. The average molecular weight is 471 g/mol. The van der Waals surface area contributed by atoms with E-state index in [-0.39, 0.29) is 34.4 Å². The van der Waals surface area contributed by atoms with Crippen LogP contribution < -0.4 is 4.72 Å². The second-order valence-electron chi connectivity index (χ2n) is 7.25. The van der Waals surface area contributed by atoms with Gasteiger partial charge in [0.2, 0.25) is 0 Å². The number of esters is 1. The monoisotopic (exact) mass is 470 g/mol. The first-order valence-electron chi connectivity index (χ1n) is 9.54. The van der Waals surface area contributed by atoms with E-state index in [1.165, 1.54) is 36.4 Å². The maximum atomic E-state index is 12.5. The molecule has 1 aromatic heterocycles. The minimum Gasteiger partial charge on any atom is -0.452 e. The van der Waals surface area contributed by atoms with Crippen molar-refractivity contribution in [3.8, 4) is 0 Å². The molecule has 1 N–H and O–H groups in total. The minimum absolute atomic E-state index is 0.0932. The van der Waals surface area contributed by atoms with Gasteiger partial charge in [-0.05, 0) is 69.5 Å². The van der Waals surface area contributed by atoms with Crippen LogP contribution in [0.5, 0.6) is 0 Å². The molecule has 1 fully saturated rings. The van der Waals surface area contributed by atoms with Crippen molar-refractivity contribution in [1.29, 1.82) is 0 Å². The van der Waals surface area contributed by atoms with E-state index in [1.807, 2.05) is 13.8 Å². The largest absolute Gasteiger partial charge is 0.452 e. The number of likely N-dealkylation sites (tertiary alicyclic amines) is 1. The smallest absolute Gasteiger partial charge is 0.338 e. The molecule has 1 aliphatic heterocycles. The van der Waals surface area contributed by atoms with Crippen LogP contribution in [-0.4, -0.2) is 43.9 Å². The van der Waals surface area contributed by atoms with Gasteiger partial charge in [-0.2, -0.15) is 0 Å². The van der Waals surface area contributed by atoms with Gasteiger partial charge in [-0.25, -0.2) is 13.2 Å². The van der Waals surface area contributed by atoms with Gasteiger partial charge in [0.05, 0.1) is 9.90 Å². The van der Waals surface area contributed by atoms with Crippen LogP contribution in [0.25, 0.3) is 0 Å². The first-order valence-corrected chi connectivity index (χ1v) is 12.2. The number of halogens is 1. The van der Waals surface area contributed by atoms with Gasteiger partial charge in [0.15, 0.2) is 6.61 Å². The summed E-state index contributed by atoms with van der Waals surface area (Å²) in [6.07, 6.45) is 2.97. The lowest BCUT2D eigenvalue weighted by Gasteiger charge is -2.38. The number of sulfonamides is 1. The van der Waals surface area contributed by atoms with Crippen molar-refractivity contribution in [3.63, 3.8) is 0 Å². The molecule has 7 nitrogen and oxygen atoms in total. The summed E-state index contributed by atoms with van der Waals surface area (Å²) in [5.74, 6) is -0.845. The van der Waals surface area contributed by atoms with E-state index in [9.17, 15) is 18.0 Å². The van der Waals surface area contributed by atoms with Gasteiger partial charge < -0.3 is 9.64 Å². The van der Waals surface area contributed by atoms with Crippen molar-refractivity contribution in [2.24, 2.45) is 0 Å². The van der Waals surface area contributed by atoms with Crippen LogP contribution in [0.3, 0.4) is 0 Å². The van der Waals surface area contributed by atoms with E-state index in [0.717, 1.165) is 30.6 Å². The molecule has 0 aliphatic carbocycles. The van der Waals surface area contributed by atoms with Crippen molar-refractivity contribution in [2.45, 2.75) is 49.4 Å². The first kappa shape index (κ1) is 22.6. The second-order valence-corrected chi connectivity index (χ2v) is 10.9. The van der Waals surface area contributed by atoms with Crippen molar-refractivity contribution in [3.05, 3.63) is 46.3 Å². The van der Waals surface area contributed by atoms with Gasteiger partial charge in [-0.1, -0.05) is 11.6 Å². The Morgan fingerprint density at radius 1 is 1.13 bits per heavy atom. The Hall–Kier alpha value is -2.10. The topological polar surface area (TPSA) is 92.8 Å². The molecule has 162 valence electrons. The van der Waals surface area contributed by atoms with Crippen LogP contribution in [0.2, 0.25) is 4.34 Å². The maximum Gasteiger partial charge on any atom is 0.338 e. The van der Waals surface area contributed by atoms with Gasteiger partial charge in [0, 0.05) is 17.8 Å². The third-order valence-electron chi connectivity index (χ3n) is 4.99. The summed E-state index contributed by atoms with van der Waals surface area (Å²) in [6, 6.07) is 8.99. The summed E-state index contributed by atoms with van der Waals surface area (Å²) in [5.41, 5.74) is 0.521. The molecule has 2 heterocycles. The standard InChI is InChI=1S/C20H23ClN2O5S2/c1-13-4-3-5-14(2)23(13)18(24)12-28-20(25)15-6-8-16(9-7-15)22-30(26,27)19-11-10-17(21)29-19/h6-11,13-14,22H,3-5,12H2,1-2H3/t13-,14+. The average Bonchev–Trinajstić information content (AvgIpc) is 3.14. The fraction of sp³-hybridized carbons (Fsp3) is 0.400. The lowest BCUT2D eigenvalue weighted by Crippen LogP contribution is -2.49. The number of amides is 1. The summed E-state index contributed by atoms with van der Waals surface area (Å²) in [7, 11) is -3.75. The highest BCUT2D eigenvalue weighted by Crippen LogP contribution is 2.27. The van der Waals surface area contributed by atoms with Crippen LogP contribution in [0.1, 0.15) is 43.5 Å². The van der Waals surface area contributed by atoms with Crippen LogP contribution in [0.4, 0.5) is 5.69 Å². The number of thiophene rings is 1. The van der Waals surface area contributed by atoms with E-state index >= 15 is 0 Å². The molecule has 30 heavy (non-hydrogen) atoms. The molecule has 1 amide bonds.